The molecular weight excluding hydrogens is 401 g/mol. The predicted octanol–water partition coefficient (Wildman–Crippen LogP) is 7.02. The van der Waals surface area contributed by atoms with Gasteiger partial charge < -0.3 is 9.64 Å². The summed E-state index contributed by atoms with van der Waals surface area (Å²) < 4.78 is 19.2. The summed E-state index contributed by atoms with van der Waals surface area (Å²) in [6.07, 6.45) is 11.4. The Morgan fingerprint density at radius 2 is 1.94 bits per heavy atom. The van der Waals surface area contributed by atoms with E-state index in [9.17, 15) is 9.18 Å². The minimum absolute atomic E-state index is 0.0266. The molecule has 176 valence electrons. The molecule has 32 heavy (non-hydrogen) atoms. The number of hydrogen-bond donors (Lipinski definition) is 0. The molecule has 3 nitrogen and oxygen atoms in total. The number of aryl methyl sites for hydroxylation is 1. The van der Waals surface area contributed by atoms with Crippen LogP contribution in [0.1, 0.15) is 59.4 Å². The van der Waals surface area contributed by atoms with Crippen molar-refractivity contribution in [2.75, 3.05) is 19.7 Å². The zero-order valence-electron chi connectivity index (χ0n) is 20.5. The van der Waals surface area contributed by atoms with E-state index in [-0.39, 0.29) is 18.3 Å². The normalized spacial score (nSPS) is 15.7. The summed E-state index contributed by atoms with van der Waals surface area (Å²) in [4.78, 5) is 14.5. The molecule has 0 spiro atoms. The molecule has 0 radical (unpaired) electrons. The van der Waals surface area contributed by atoms with Gasteiger partial charge in [0.15, 0.2) is 6.61 Å². The van der Waals surface area contributed by atoms with Crippen molar-refractivity contribution in [2.45, 2.75) is 60.3 Å². The fourth-order valence-electron chi connectivity index (χ4n) is 3.69. The second-order valence-corrected chi connectivity index (χ2v) is 7.86. The lowest BCUT2D eigenvalue weighted by molar-refractivity contribution is -0.136. The van der Waals surface area contributed by atoms with Gasteiger partial charge in [0.1, 0.15) is 11.6 Å². The second kappa shape index (κ2) is 15.2. The zero-order valence-corrected chi connectivity index (χ0v) is 20.5. The predicted molar refractivity (Wildman–Crippen MR) is 133 cm³/mol. The van der Waals surface area contributed by atoms with Crippen molar-refractivity contribution in [1.82, 2.24) is 4.90 Å². The van der Waals surface area contributed by atoms with Gasteiger partial charge in [-0.1, -0.05) is 50.8 Å². The number of rotatable bonds is 9. The molecule has 0 atom stereocenters. The van der Waals surface area contributed by atoms with E-state index in [1.165, 1.54) is 6.07 Å². The average Bonchev–Trinajstić information content (AvgIpc) is 2.81. The summed E-state index contributed by atoms with van der Waals surface area (Å²) in [7, 11) is 0. The average molecular weight is 442 g/mol. The topological polar surface area (TPSA) is 29.5 Å². The van der Waals surface area contributed by atoms with Gasteiger partial charge in [0, 0.05) is 13.1 Å². The smallest absolute Gasteiger partial charge is 0.260 e. The van der Waals surface area contributed by atoms with Gasteiger partial charge in [-0.2, -0.15) is 0 Å². The van der Waals surface area contributed by atoms with E-state index in [2.05, 4.69) is 6.58 Å². The lowest BCUT2D eigenvalue weighted by atomic mass is 9.90. The largest absolute Gasteiger partial charge is 0.484 e. The Balaban J connectivity index is 0.00000249. The fraction of sp³-hybridized carbons (Fsp3) is 0.464. The second-order valence-electron chi connectivity index (χ2n) is 7.86. The molecule has 4 heteroatoms. The van der Waals surface area contributed by atoms with Gasteiger partial charge >= 0.3 is 0 Å². The first-order chi connectivity index (χ1) is 15.4. The number of halogens is 1. The van der Waals surface area contributed by atoms with E-state index in [4.69, 9.17) is 4.74 Å². The Hall–Kier alpha value is -2.62. The van der Waals surface area contributed by atoms with Crippen molar-refractivity contribution < 1.29 is 13.9 Å². The molecule has 2 rings (SSSR count). The van der Waals surface area contributed by atoms with Gasteiger partial charge in [-0.05, 0) is 87.3 Å². The van der Waals surface area contributed by atoms with Crippen molar-refractivity contribution >= 4 is 5.91 Å². The van der Waals surface area contributed by atoms with Crippen molar-refractivity contribution in [3.63, 3.8) is 0 Å². The maximum Gasteiger partial charge on any atom is 0.260 e. The number of piperidine rings is 1. The van der Waals surface area contributed by atoms with Crippen LogP contribution in [0, 0.1) is 11.7 Å². The van der Waals surface area contributed by atoms with E-state index < -0.39 is 0 Å². The van der Waals surface area contributed by atoms with Gasteiger partial charge in [-0.25, -0.2) is 4.39 Å². The van der Waals surface area contributed by atoms with E-state index in [0.29, 0.717) is 11.7 Å². The minimum Gasteiger partial charge on any atom is -0.484 e. The highest BCUT2D eigenvalue weighted by atomic mass is 19.1. The Morgan fingerprint density at radius 3 is 2.53 bits per heavy atom. The molecule has 0 unspecified atom stereocenters. The van der Waals surface area contributed by atoms with Crippen molar-refractivity contribution in [2.24, 2.45) is 5.92 Å². The van der Waals surface area contributed by atoms with Gasteiger partial charge in [0.2, 0.25) is 0 Å². The Bertz CT molecular complexity index is 814. The van der Waals surface area contributed by atoms with E-state index in [0.717, 1.165) is 55.5 Å². The van der Waals surface area contributed by atoms with Crippen molar-refractivity contribution in [3.8, 4) is 0 Å². The third-order valence-corrected chi connectivity index (χ3v) is 5.70. The van der Waals surface area contributed by atoms with Crippen LogP contribution in [0.25, 0.3) is 0 Å². The quantitative estimate of drug-likeness (QED) is 0.304. The van der Waals surface area contributed by atoms with E-state index >= 15 is 0 Å². The molecule has 0 bridgehead atoms. The monoisotopic (exact) mass is 441 g/mol. The summed E-state index contributed by atoms with van der Waals surface area (Å²) in [5.74, 6) is 1.14. The molecule has 1 aromatic rings. The van der Waals surface area contributed by atoms with Crippen LogP contribution in [0.3, 0.4) is 0 Å². The highest BCUT2D eigenvalue weighted by Crippen LogP contribution is 2.23. The summed E-state index contributed by atoms with van der Waals surface area (Å²) >= 11 is 0. The van der Waals surface area contributed by atoms with E-state index in [1.54, 1.807) is 18.2 Å². The third-order valence-electron chi connectivity index (χ3n) is 5.70. The Morgan fingerprint density at radius 1 is 1.25 bits per heavy atom. The number of carbonyl (C=O) groups excluding carboxylic acids is 1. The number of likely N-dealkylation sites (tertiary alicyclic amines) is 1. The summed E-state index contributed by atoms with van der Waals surface area (Å²) in [6.45, 7) is 15.2. The molecule has 0 aromatic heterocycles. The number of ether oxygens (including phenoxy) is 1. The number of carbonyl (C=O) groups is 1. The SMILES string of the molecule is C=C/C=C(C)/C(C)=C(/C=C\C)OCC(=O)N1CCC(CCc2cccc(F)c2)CC1.CC. The molecular formula is C28H40FNO2. The standard InChI is InChI=1S/C26H34FNO2.C2H6/c1-5-8-20(3)21(4)25(9-6-2)30-19-26(29)28-16-14-22(15-17-28)12-13-23-10-7-11-24(27)18-23;1-2/h5-11,18,22H,1,12-17,19H2,2-4H3;1-2H3/b9-6-,20-8+,25-21-;. The molecule has 1 fully saturated rings. The van der Waals surface area contributed by atoms with Crippen molar-refractivity contribution in [3.05, 3.63) is 83.4 Å². The molecule has 1 aromatic carbocycles. The number of hydrogen-bond acceptors (Lipinski definition) is 2. The molecule has 1 amide bonds. The molecule has 0 aliphatic carbocycles. The van der Waals surface area contributed by atoms with Gasteiger partial charge in [-0.15, -0.1) is 0 Å². The lowest BCUT2D eigenvalue weighted by Gasteiger charge is -2.32. The maximum absolute atomic E-state index is 13.3. The van der Waals surface area contributed by atoms with Crippen LogP contribution in [-0.2, 0) is 16.0 Å². The highest BCUT2D eigenvalue weighted by molar-refractivity contribution is 5.77. The third kappa shape index (κ3) is 9.25. The number of nitrogens with zero attached hydrogens (tertiary/aromatic N) is 1. The number of amides is 1. The Labute approximate surface area is 194 Å². The van der Waals surface area contributed by atoms with Crippen LogP contribution >= 0.6 is 0 Å². The van der Waals surface area contributed by atoms with Crippen LogP contribution in [0.2, 0.25) is 0 Å². The lowest BCUT2D eigenvalue weighted by Crippen LogP contribution is -2.40. The minimum atomic E-state index is -0.176. The summed E-state index contributed by atoms with van der Waals surface area (Å²) in [6, 6.07) is 6.83. The molecule has 1 aliphatic heterocycles. The highest BCUT2D eigenvalue weighted by Gasteiger charge is 2.23. The van der Waals surface area contributed by atoms with Crippen LogP contribution in [0.15, 0.2) is 72.1 Å². The molecule has 0 saturated carbocycles. The molecule has 1 aliphatic rings. The first kappa shape index (κ1) is 27.4. The molecule has 1 heterocycles. The summed E-state index contributed by atoms with van der Waals surface area (Å²) in [5, 5.41) is 0. The first-order valence-corrected chi connectivity index (χ1v) is 11.7. The summed E-state index contributed by atoms with van der Waals surface area (Å²) in [5.41, 5.74) is 3.10. The maximum atomic E-state index is 13.3. The van der Waals surface area contributed by atoms with Crippen LogP contribution < -0.4 is 0 Å². The van der Waals surface area contributed by atoms with E-state index in [1.807, 2.05) is 63.8 Å². The fourth-order valence-corrected chi connectivity index (χ4v) is 3.69. The zero-order chi connectivity index (χ0) is 23.9. The number of allylic oxidation sites excluding steroid dienone is 6. The molecule has 0 N–H and O–H groups in total. The van der Waals surface area contributed by atoms with Crippen molar-refractivity contribution in [1.29, 1.82) is 0 Å². The van der Waals surface area contributed by atoms with Crippen LogP contribution in [0.5, 0.6) is 0 Å². The number of benzene rings is 1. The van der Waals surface area contributed by atoms with Crippen LogP contribution in [-0.4, -0.2) is 30.5 Å². The molecule has 1 saturated heterocycles. The van der Waals surface area contributed by atoms with Gasteiger partial charge in [0.05, 0.1) is 0 Å². The van der Waals surface area contributed by atoms with Gasteiger partial charge in [-0.3, -0.25) is 4.79 Å². The Kier molecular flexibility index (Phi) is 13.0. The van der Waals surface area contributed by atoms with Crippen LogP contribution in [0.4, 0.5) is 4.39 Å². The van der Waals surface area contributed by atoms with Gasteiger partial charge in [0.25, 0.3) is 5.91 Å². The first-order valence-electron chi connectivity index (χ1n) is 11.7.